The summed E-state index contributed by atoms with van der Waals surface area (Å²) >= 11 is 0. The Hall–Kier alpha value is -0.860. The largest absolute Gasteiger partial charge is 0.380 e. The van der Waals surface area contributed by atoms with Gasteiger partial charge in [-0.3, -0.25) is 4.90 Å². The first-order valence-electron chi connectivity index (χ1n) is 6.12. The summed E-state index contributed by atoms with van der Waals surface area (Å²) in [5.74, 6) is 0. The second-order valence-corrected chi connectivity index (χ2v) is 5.53. The van der Waals surface area contributed by atoms with Gasteiger partial charge in [0.15, 0.2) is 0 Å². The van der Waals surface area contributed by atoms with Crippen LogP contribution in [0.2, 0.25) is 0 Å². The van der Waals surface area contributed by atoms with Crippen LogP contribution in [0.1, 0.15) is 18.1 Å². The molecule has 1 fully saturated rings. The normalized spacial score (nSPS) is 23.6. The highest BCUT2D eigenvalue weighted by Crippen LogP contribution is 2.29. The van der Waals surface area contributed by atoms with E-state index in [9.17, 15) is 0 Å². The minimum absolute atomic E-state index is 0.409. The first kappa shape index (κ1) is 10.3. The van der Waals surface area contributed by atoms with E-state index >= 15 is 0 Å². The van der Waals surface area contributed by atoms with Gasteiger partial charge in [-0.05, 0) is 17.5 Å². The number of benzene rings is 1. The van der Waals surface area contributed by atoms with Crippen molar-refractivity contribution in [3.05, 3.63) is 35.4 Å². The van der Waals surface area contributed by atoms with E-state index in [1.807, 2.05) is 0 Å². The number of hydrogen-bond donors (Lipinski definition) is 0. The molecule has 0 unspecified atom stereocenters. The maximum Gasteiger partial charge on any atom is 0.0554 e. The second-order valence-electron chi connectivity index (χ2n) is 5.53. The first-order valence-corrected chi connectivity index (χ1v) is 6.12. The first-order chi connectivity index (χ1) is 7.75. The van der Waals surface area contributed by atoms with Gasteiger partial charge in [-0.1, -0.05) is 31.2 Å². The van der Waals surface area contributed by atoms with Crippen molar-refractivity contribution in [1.82, 2.24) is 4.90 Å². The average molecular weight is 217 g/mol. The molecule has 0 bridgehead atoms. The van der Waals surface area contributed by atoms with E-state index in [4.69, 9.17) is 4.74 Å². The van der Waals surface area contributed by atoms with Gasteiger partial charge in [0.25, 0.3) is 0 Å². The van der Waals surface area contributed by atoms with Gasteiger partial charge in [0.05, 0.1) is 13.2 Å². The summed E-state index contributed by atoms with van der Waals surface area (Å²) in [6.07, 6.45) is 1.20. The zero-order valence-electron chi connectivity index (χ0n) is 9.91. The van der Waals surface area contributed by atoms with Gasteiger partial charge in [0.2, 0.25) is 0 Å². The van der Waals surface area contributed by atoms with Crippen LogP contribution >= 0.6 is 0 Å². The van der Waals surface area contributed by atoms with Crippen molar-refractivity contribution in [2.45, 2.75) is 19.9 Å². The molecule has 1 saturated heterocycles. The van der Waals surface area contributed by atoms with E-state index in [-0.39, 0.29) is 0 Å². The number of hydrogen-bond acceptors (Lipinski definition) is 2. The zero-order chi connectivity index (χ0) is 11.0. The molecule has 2 aliphatic heterocycles. The highest BCUT2D eigenvalue weighted by Gasteiger charge is 2.35. The van der Waals surface area contributed by atoms with Crippen molar-refractivity contribution in [2.75, 3.05) is 26.3 Å². The number of fused-ring (bicyclic) bond motifs is 1. The lowest BCUT2D eigenvalue weighted by Gasteiger charge is -2.43. The predicted octanol–water partition coefficient (Wildman–Crippen LogP) is 2.08. The molecule has 0 aromatic heterocycles. The summed E-state index contributed by atoms with van der Waals surface area (Å²) in [6.45, 7) is 7.70. The second kappa shape index (κ2) is 3.86. The molecule has 0 atom stereocenters. The number of ether oxygens (including phenoxy) is 1. The Labute approximate surface area is 97.2 Å². The number of rotatable bonds is 2. The van der Waals surface area contributed by atoms with Gasteiger partial charge in [-0.2, -0.15) is 0 Å². The Balaban J connectivity index is 1.68. The summed E-state index contributed by atoms with van der Waals surface area (Å²) in [6, 6.07) is 8.83. The minimum atomic E-state index is 0.409. The molecule has 1 aromatic carbocycles. The Kier molecular flexibility index (Phi) is 2.49. The monoisotopic (exact) mass is 217 g/mol. The lowest BCUT2D eigenvalue weighted by Crippen LogP contribution is -2.49. The summed E-state index contributed by atoms with van der Waals surface area (Å²) in [5, 5.41) is 0. The third-order valence-electron chi connectivity index (χ3n) is 3.72. The molecule has 2 aliphatic rings. The third kappa shape index (κ3) is 1.87. The molecule has 0 amide bonds. The van der Waals surface area contributed by atoms with E-state index in [0.717, 1.165) is 19.8 Å². The molecule has 2 heteroatoms. The molecule has 0 saturated carbocycles. The minimum Gasteiger partial charge on any atom is -0.380 e. The Morgan fingerprint density at radius 1 is 1.25 bits per heavy atom. The highest BCUT2D eigenvalue weighted by molar-refractivity contribution is 5.29. The van der Waals surface area contributed by atoms with Gasteiger partial charge >= 0.3 is 0 Å². The number of nitrogens with zero attached hydrogens (tertiary/aromatic N) is 1. The third-order valence-corrected chi connectivity index (χ3v) is 3.72. The van der Waals surface area contributed by atoms with Crippen molar-refractivity contribution in [2.24, 2.45) is 5.41 Å². The quantitative estimate of drug-likeness (QED) is 0.752. The smallest absolute Gasteiger partial charge is 0.0554 e. The van der Waals surface area contributed by atoms with Gasteiger partial charge in [0, 0.05) is 25.0 Å². The molecule has 2 heterocycles. The highest BCUT2D eigenvalue weighted by atomic mass is 16.5. The topological polar surface area (TPSA) is 12.5 Å². The molecule has 1 aromatic rings. The van der Waals surface area contributed by atoms with Crippen molar-refractivity contribution in [3.8, 4) is 0 Å². The molecule has 0 aliphatic carbocycles. The van der Waals surface area contributed by atoms with Crippen LogP contribution in [-0.4, -0.2) is 31.2 Å². The van der Waals surface area contributed by atoms with Crippen molar-refractivity contribution in [3.63, 3.8) is 0 Å². The SMILES string of the molecule is CC1(CN2CCc3ccccc3C2)COC1. The molecule has 0 spiro atoms. The van der Waals surface area contributed by atoms with Crippen LogP contribution in [0.25, 0.3) is 0 Å². The van der Waals surface area contributed by atoms with Gasteiger partial charge in [0.1, 0.15) is 0 Å². The molecular weight excluding hydrogens is 198 g/mol. The average Bonchev–Trinajstić information content (AvgIpc) is 2.27. The van der Waals surface area contributed by atoms with Crippen molar-refractivity contribution >= 4 is 0 Å². The van der Waals surface area contributed by atoms with E-state index < -0.39 is 0 Å². The maximum absolute atomic E-state index is 5.32. The fourth-order valence-corrected chi connectivity index (χ4v) is 2.77. The summed E-state index contributed by atoms with van der Waals surface area (Å²) in [7, 11) is 0. The van der Waals surface area contributed by atoms with Crippen molar-refractivity contribution in [1.29, 1.82) is 0 Å². The molecular formula is C14H19NO. The van der Waals surface area contributed by atoms with Gasteiger partial charge in [-0.25, -0.2) is 0 Å². The lowest BCUT2D eigenvalue weighted by atomic mass is 9.87. The Morgan fingerprint density at radius 2 is 2.00 bits per heavy atom. The van der Waals surface area contributed by atoms with Crippen LogP contribution in [-0.2, 0) is 17.7 Å². The van der Waals surface area contributed by atoms with Crippen LogP contribution in [0.3, 0.4) is 0 Å². The molecule has 3 rings (SSSR count). The van der Waals surface area contributed by atoms with Gasteiger partial charge < -0.3 is 4.74 Å². The van der Waals surface area contributed by atoms with E-state index in [2.05, 4.69) is 36.1 Å². The predicted molar refractivity (Wildman–Crippen MR) is 64.3 cm³/mol. The van der Waals surface area contributed by atoms with Gasteiger partial charge in [-0.15, -0.1) is 0 Å². The van der Waals surface area contributed by atoms with Crippen LogP contribution in [0.4, 0.5) is 0 Å². The van der Waals surface area contributed by atoms with E-state index in [0.29, 0.717) is 5.41 Å². The molecule has 16 heavy (non-hydrogen) atoms. The maximum atomic E-state index is 5.32. The molecule has 0 radical (unpaired) electrons. The van der Waals surface area contributed by atoms with E-state index in [1.54, 1.807) is 0 Å². The Bertz CT molecular complexity index is 384. The molecule has 0 N–H and O–H groups in total. The van der Waals surface area contributed by atoms with Crippen LogP contribution in [0, 0.1) is 5.41 Å². The molecule has 2 nitrogen and oxygen atoms in total. The van der Waals surface area contributed by atoms with E-state index in [1.165, 1.54) is 30.6 Å². The summed E-state index contributed by atoms with van der Waals surface area (Å²) < 4.78 is 5.32. The Morgan fingerprint density at radius 3 is 2.69 bits per heavy atom. The van der Waals surface area contributed by atoms with Crippen LogP contribution in [0.5, 0.6) is 0 Å². The fraction of sp³-hybridized carbons (Fsp3) is 0.571. The van der Waals surface area contributed by atoms with Crippen LogP contribution in [0.15, 0.2) is 24.3 Å². The zero-order valence-corrected chi connectivity index (χ0v) is 9.91. The lowest BCUT2D eigenvalue weighted by molar-refractivity contribution is -0.116. The standard InChI is InChI=1S/C14H19NO/c1-14(10-16-11-14)9-15-7-6-12-4-2-3-5-13(12)8-15/h2-5H,6-11H2,1H3. The fourth-order valence-electron chi connectivity index (χ4n) is 2.77. The summed E-state index contributed by atoms with van der Waals surface area (Å²) in [4.78, 5) is 2.57. The molecule has 86 valence electrons. The van der Waals surface area contributed by atoms with Crippen molar-refractivity contribution < 1.29 is 4.74 Å². The van der Waals surface area contributed by atoms with Crippen LogP contribution < -0.4 is 0 Å². The summed E-state index contributed by atoms with van der Waals surface area (Å²) in [5.41, 5.74) is 3.46.